The molecular formula is C8H8N4O. The van der Waals surface area contributed by atoms with Gasteiger partial charge in [0.25, 0.3) is 5.91 Å². The van der Waals surface area contributed by atoms with Gasteiger partial charge in [-0.15, -0.1) is 0 Å². The molecule has 0 aromatic carbocycles. The lowest BCUT2D eigenvalue weighted by molar-refractivity contribution is 0.0995. The van der Waals surface area contributed by atoms with Crippen molar-refractivity contribution in [2.24, 2.45) is 5.73 Å². The smallest absolute Gasteiger partial charge is 0.268 e. The van der Waals surface area contributed by atoms with Gasteiger partial charge in [0.1, 0.15) is 5.69 Å². The van der Waals surface area contributed by atoms with E-state index < -0.39 is 5.91 Å². The number of carbonyl (C=O) groups is 1. The Labute approximate surface area is 74.2 Å². The minimum Gasteiger partial charge on any atom is -0.364 e. The number of rotatable bonds is 1. The fraction of sp³-hybridized carbons (Fsp3) is 0.125. The van der Waals surface area contributed by atoms with Gasteiger partial charge in [0.15, 0.2) is 0 Å². The van der Waals surface area contributed by atoms with E-state index in [1.165, 1.54) is 0 Å². The van der Waals surface area contributed by atoms with Gasteiger partial charge in [-0.05, 0) is 6.92 Å². The van der Waals surface area contributed by atoms with Crippen molar-refractivity contribution >= 4 is 11.4 Å². The third-order valence-corrected chi connectivity index (χ3v) is 1.86. The molecule has 0 aliphatic carbocycles. The number of aryl methyl sites for hydroxylation is 1. The van der Waals surface area contributed by atoms with Crippen LogP contribution in [0.15, 0.2) is 18.7 Å². The second-order valence-corrected chi connectivity index (χ2v) is 2.76. The summed E-state index contributed by atoms with van der Waals surface area (Å²) in [6, 6.07) is 0. The summed E-state index contributed by atoms with van der Waals surface area (Å²) in [5, 5.41) is 0. The van der Waals surface area contributed by atoms with Gasteiger partial charge in [-0.2, -0.15) is 0 Å². The molecule has 0 spiro atoms. The summed E-state index contributed by atoms with van der Waals surface area (Å²) in [6.07, 6.45) is 4.78. The minimum atomic E-state index is -0.534. The highest BCUT2D eigenvalue weighted by molar-refractivity contribution is 5.90. The average molecular weight is 176 g/mol. The van der Waals surface area contributed by atoms with Crippen LogP contribution in [-0.2, 0) is 0 Å². The number of carbonyl (C=O) groups excluding carboxylic acids is 1. The Morgan fingerprint density at radius 1 is 1.54 bits per heavy atom. The zero-order valence-electron chi connectivity index (χ0n) is 7.06. The number of hydrogen-bond acceptors (Lipinski definition) is 3. The molecule has 2 N–H and O–H groups in total. The van der Waals surface area contributed by atoms with E-state index in [1.807, 2.05) is 6.92 Å². The van der Waals surface area contributed by atoms with Crippen molar-refractivity contribution in [2.75, 3.05) is 0 Å². The number of aromatic nitrogens is 3. The van der Waals surface area contributed by atoms with Gasteiger partial charge in [-0.25, -0.2) is 9.97 Å². The molecule has 2 aromatic rings. The van der Waals surface area contributed by atoms with E-state index in [-0.39, 0.29) is 5.69 Å². The molecule has 0 atom stereocenters. The van der Waals surface area contributed by atoms with Gasteiger partial charge < -0.3 is 10.1 Å². The van der Waals surface area contributed by atoms with Crippen LogP contribution in [0.4, 0.5) is 0 Å². The number of primary amides is 1. The lowest BCUT2D eigenvalue weighted by atomic mass is 10.4. The first-order valence-electron chi connectivity index (χ1n) is 3.77. The lowest BCUT2D eigenvalue weighted by Crippen LogP contribution is -2.13. The lowest BCUT2D eigenvalue weighted by Gasteiger charge is -1.96. The van der Waals surface area contributed by atoms with E-state index in [4.69, 9.17) is 5.73 Å². The normalized spacial score (nSPS) is 10.5. The fourth-order valence-corrected chi connectivity index (χ4v) is 1.15. The number of fused-ring (bicyclic) bond motifs is 1. The van der Waals surface area contributed by atoms with Crippen LogP contribution in [0.1, 0.15) is 16.2 Å². The number of imidazole rings is 1. The first kappa shape index (κ1) is 7.72. The van der Waals surface area contributed by atoms with Crippen molar-refractivity contribution in [3.63, 3.8) is 0 Å². The molecule has 0 aliphatic heterocycles. The molecule has 0 fully saturated rings. The molecule has 5 heteroatoms. The molecule has 0 saturated carbocycles. The fourth-order valence-electron chi connectivity index (χ4n) is 1.15. The maximum atomic E-state index is 10.8. The molecule has 0 unspecified atom stereocenters. The average Bonchev–Trinajstić information content (AvgIpc) is 2.47. The SMILES string of the molecule is Cc1ncn2cc(C(N)=O)ncc12. The topological polar surface area (TPSA) is 73.3 Å². The Bertz CT molecular complexity index is 474. The van der Waals surface area contributed by atoms with Crippen LogP contribution >= 0.6 is 0 Å². The summed E-state index contributed by atoms with van der Waals surface area (Å²) in [5.74, 6) is -0.534. The molecule has 0 saturated heterocycles. The minimum absolute atomic E-state index is 0.241. The van der Waals surface area contributed by atoms with Gasteiger partial charge in [0, 0.05) is 6.20 Å². The Morgan fingerprint density at radius 3 is 3.00 bits per heavy atom. The molecule has 5 nitrogen and oxygen atoms in total. The predicted octanol–water partition coefficient (Wildman–Crippen LogP) is 0.137. The van der Waals surface area contributed by atoms with Crippen LogP contribution in [0.3, 0.4) is 0 Å². The summed E-state index contributed by atoms with van der Waals surface area (Å²) in [4.78, 5) is 18.7. The van der Waals surface area contributed by atoms with Crippen molar-refractivity contribution < 1.29 is 4.79 Å². The van der Waals surface area contributed by atoms with Crippen LogP contribution in [0.25, 0.3) is 5.52 Å². The molecule has 13 heavy (non-hydrogen) atoms. The van der Waals surface area contributed by atoms with Crippen LogP contribution < -0.4 is 5.73 Å². The number of amides is 1. The molecular weight excluding hydrogens is 168 g/mol. The number of hydrogen-bond donors (Lipinski definition) is 1. The molecule has 1 amide bonds. The third-order valence-electron chi connectivity index (χ3n) is 1.86. The zero-order valence-corrected chi connectivity index (χ0v) is 7.06. The first-order valence-corrected chi connectivity index (χ1v) is 3.77. The molecule has 2 aromatic heterocycles. The second kappa shape index (κ2) is 2.55. The second-order valence-electron chi connectivity index (χ2n) is 2.76. The summed E-state index contributed by atoms with van der Waals surface area (Å²) < 4.78 is 1.72. The molecule has 0 bridgehead atoms. The predicted molar refractivity (Wildman–Crippen MR) is 46.2 cm³/mol. The van der Waals surface area contributed by atoms with Crippen LogP contribution in [0.5, 0.6) is 0 Å². The van der Waals surface area contributed by atoms with Crippen LogP contribution in [0, 0.1) is 6.92 Å². The van der Waals surface area contributed by atoms with E-state index in [0.717, 1.165) is 11.2 Å². The Hall–Kier alpha value is -1.91. The summed E-state index contributed by atoms with van der Waals surface area (Å²) in [6.45, 7) is 1.88. The Balaban J connectivity index is 2.70. The molecule has 0 aliphatic rings. The molecule has 2 rings (SSSR count). The standard InChI is InChI=1S/C8H8N4O/c1-5-7-2-10-6(8(9)13)3-12(7)4-11-5/h2-4H,1H3,(H2,9,13). The quantitative estimate of drug-likeness (QED) is 0.671. The Kier molecular flexibility index (Phi) is 1.51. The number of nitrogens with two attached hydrogens (primary N) is 1. The Morgan fingerprint density at radius 2 is 2.31 bits per heavy atom. The van der Waals surface area contributed by atoms with Gasteiger partial charge in [0.2, 0.25) is 0 Å². The maximum Gasteiger partial charge on any atom is 0.268 e. The highest BCUT2D eigenvalue weighted by Crippen LogP contribution is 2.06. The van der Waals surface area contributed by atoms with Crippen molar-refractivity contribution in [3.05, 3.63) is 30.1 Å². The molecule has 66 valence electrons. The van der Waals surface area contributed by atoms with Crippen LogP contribution in [-0.4, -0.2) is 20.3 Å². The summed E-state index contributed by atoms with van der Waals surface area (Å²) in [5.41, 5.74) is 7.07. The summed E-state index contributed by atoms with van der Waals surface area (Å²) >= 11 is 0. The van der Waals surface area contributed by atoms with Crippen LogP contribution in [0.2, 0.25) is 0 Å². The van der Waals surface area contributed by atoms with Crippen molar-refractivity contribution in [3.8, 4) is 0 Å². The highest BCUT2D eigenvalue weighted by atomic mass is 16.1. The van der Waals surface area contributed by atoms with Crippen molar-refractivity contribution in [2.45, 2.75) is 6.92 Å². The molecule has 2 heterocycles. The highest BCUT2D eigenvalue weighted by Gasteiger charge is 2.04. The zero-order chi connectivity index (χ0) is 9.42. The monoisotopic (exact) mass is 176 g/mol. The van der Waals surface area contributed by atoms with E-state index in [1.54, 1.807) is 23.1 Å². The van der Waals surface area contributed by atoms with E-state index in [0.29, 0.717) is 0 Å². The van der Waals surface area contributed by atoms with E-state index >= 15 is 0 Å². The van der Waals surface area contributed by atoms with Crippen molar-refractivity contribution in [1.29, 1.82) is 0 Å². The maximum absolute atomic E-state index is 10.8. The summed E-state index contributed by atoms with van der Waals surface area (Å²) in [7, 11) is 0. The van der Waals surface area contributed by atoms with E-state index in [2.05, 4.69) is 9.97 Å². The van der Waals surface area contributed by atoms with E-state index in [9.17, 15) is 4.79 Å². The molecule has 0 radical (unpaired) electrons. The van der Waals surface area contributed by atoms with Crippen molar-refractivity contribution in [1.82, 2.24) is 14.4 Å². The van der Waals surface area contributed by atoms with Gasteiger partial charge in [0.05, 0.1) is 23.7 Å². The third kappa shape index (κ3) is 1.14. The largest absolute Gasteiger partial charge is 0.364 e. The van der Waals surface area contributed by atoms with Gasteiger partial charge >= 0.3 is 0 Å². The van der Waals surface area contributed by atoms with Gasteiger partial charge in [-0.1, -0.05) is 0 Å². The number of nitrogens with zero attached hydrogens (tertiary/aromatic N) is 3. The first-order chi connectivity index (χ1) is 6.18. The van der Waals surface area contributed by atoms with Gasteiger partial charge in [-0.3, -0.25) is 4.79 Å².